The lowest BCUT2D eigenvalue weighted by atomic mass is 9.92. The van der Waals surface area contributed by atoms with Gasteiger partial charge >= 0.3 is 0 Å². The smallest absolute Gasteiger partial charge is 0.127 e. The van der Waals surface area contributed by atoms with E-state index in [0.29, 0.717) is 6.61 Å². The third-order valence-corrected chi connectivity index (χ3v) is 3.99. The molecule has 0 saturated carbocycles. The van der Waals surface area contributed by atoms with Gasteiger partial charge in [-0.25, -0.2) is 9.82 Å². The topological polar surface area (TPSA) is 47.3 Å². The molecule has 0 bridgehead atoms. The lowest BCUT2D eigenvalue weighted by Crippen LogP contribution is -2.30. The van der Waals surface area contributed by atoms with E-state index < -0.39 is 0 Å². The summed E-state index contributed by atoms with van der Waals surface area (Å²) in [5.74, 6) is 6.38. The second-order valence-electron chi connectivity index (χ2n) is 5.39. The average Bonchev–Trinajstić information content (AvgIpc) is 2.51. The van der Waals surface area contributed by atoms with Crippen molar-refractivity contribution in [3.8, 4) is 5.75 Å². The summed E-state index contributed by atoms with van der Waals surface area (Å²) in [6, 6.07) is 10.5. The molecule has 1 aliphatic heterocycles. The molecule has 0 aromatic heterocycles. The Balaban J connectivity index is 2.10. The number of nitrogens with two attached hydrogens (primary N) is 1. The molecular weight excluding hydrogens is 267 g/mol. The van der Waals surface area contributed by atoms with Crippen molar-refractivity contribution in [3.63, 3.8) is 0 Å². The van der Waals surface area contributed by atoms with Gasteiger partial charge in [0.25, 0.3) is 0 Å². The number of rotatable bonds is 3. The lowest BCUT2D eigenvalue weighted by molar-refractivity contribution is 0.283. The van der Waals surface area contributed by atoms with E-state index in [-0.39, 0.29) is 11.9 Å². The molecule has 0 spiro atoms. The first-order valence-corrected chi connectivity index (χ1v) is 7.17. The van der Waals surface area contributed by atoms with Crippen LogP contribution >= 0.6 is 0 Å². The second kappa shape index (κ2) is 5.84. The monoisotopic (exact) mass is 286 g/mol. The van der Waals surface area contributed by atoms with Crippen LogP contribution in [0.2, 0.25) is 0 Å². The summed E-state index contributed by atoms with van der Waals surface area (Å²) < 4.78 is 19.4. The SMILES string of the molecule is Cc1ccc(F)cc1C(NN)c1cccc2c1OCCC2. The van der Waals surface area contributed by atoms with E-state index in [1.807, 2.05) is 19.1 Å². The van der Waals surface area contributed by atoms with Gasteiger partial charge in [-0.1, -0.05) is 24.3 Å². The fourth-order valence-electron chi connectivity index (χ4n) is 2.91. The molecule has 110 valence electrons. The number of nitrogens with one attached hydrogen (secondary N) is 1. The molecule has 0 fully saturated rings. The maximum atomic E-state index is 13.6. The molecule has 3 nitrogen and oxygen atoms in total. The number of para-hydroxylation sites is 1. The van der Waals surface area contributed by atoms with Crippen LogP contribution in [0.15, 0.2) is 36.4 Å². The highest BCUT2D eigenvalue weighted by Crippen LogP contribution is 2.36. The highest BCUT2D eigenvalue weighted by Gasteiger charge is 2.23. The number of aryl methyl sites for hydroxylation is 2. The van der Waals surface area contributed by atoms with Crippen molar-refractivity contribution in [1.29, 1.82) is 0 Å². The van der Waals surface area contributed by atoms with Crippen molar-refractivity contribution in [1.82, 2.24) is 5.43 Å². The number of hydrogen-bond acceptors (Lipinski definition) is 3. The van der Waals surface area contributed by atoms with Crippen molar-refractivity contribution in [2.24, 2.45) is 5.84 Å². The Morgan fingerprint density at radius 1 is 1.24 bits per heavy atom. The summed E-state index contributed by atoms with van der Waals surface area (Å²) in [6.45, 7) is 2.67. The van der Waals surface area contributed by atoms with Gasteiger partial charge in [-0.05, 0) is 48.6 Å². The van der Waals surface area contributed by atoms with E-state index in [2.05, 4.69) is 11.5 Å². The maximum absolute atomic E-state index is 13.6. The van der Waals surface area contributed by atoms with Crippen LogP contribution in [-0.4, -0.2) is 6.61 Å². The van der Waals surface area contributed by atoms with Crippen molar-refractivity contribution in [3.05, 3.63) is 64.5 Å². The molecule has 21 heavy (non-hydrogen) atoms. The van der Waals surface area contributed by atoms with E-state index in [1.54, 1.807) is 6.07 Å². The second-order valence-corrected chi connectivity index (χ2v) is 5.39. The zero-order valence-corrected chi connectivity index (χ0v) is 12.0. The van der Waals surface area contributed by atoms with Gasteiger partial charge in [0.1, 0.15) is 11.6 Å². The van der Waals surface area contributed by atoms with Gasteiger partial charge in [-0.3, -0.25) is 5.84 Å². The van der Waals surface area contributed by atoms with E-state index in [4.69, 9.17) is 10.6 Å². The zero-order valence-electron chi connectivity index (χ0n) is 12.0. The minimum Gasteiger partial charge on any atom is -0.493 e. The fraction of sp³-hybridized carbons (Fsp3) is 0.294. The van der Waals surface area contributed by atoms with Crippen LogP contribution < -0.4 is 16.0 Å². The van der Waals surface area contributed by atoms with Crippen LogP contribution in [-0.2, 0) is 6.42 Å². The first kappa shape index (κ1) is 14.0. The number of hydrazine groups is 1. The van der Waals surface area contributed by atoms with Gasteiger partial charge in [-0.2, -0.15) is 0 Å². The van der Waals surface area contributed by atoms with Crippen molar-refractivity contribution in [2.75, 3.05) is 6.61 Å². The number of ether oxygens (including phenoxy) is 1. The van der Waals surface area contributed by atoms with Crippen molar-refractivity contribution >= 4 is 0 Å². The molecule has 2 aromatic rings. The zero-order chi connectivity index (χ0) is 14.8. The normalized spacial score (nSPS) is 15.2. The molecule has 3 rings (SSSR count). The predicted molar refractivity (Wildman–Crippen MR) is 80.6 cm³/mol. The summed E-state index contributed by atoms with van der Waals surface area (Å²) in [6.07, 6.45) is 2.03. The standard InChI is InChI=1S/C17H19FN2O/c1-11-7-8-13(18)10-15(11)16(20-19)14-6-2-4-12-5-3-9-21-17(12)14/h2,4,6-8,10,16,20H,3,5,9,19H2,1H3. The van der Waals surface area contributed by atoms with Crippen LogP contribution in [0.4, 0.5) is 4.39 Å². The molecule has 1 heterocycles. The van der Waals surface area contributed by atoms with Gasteiger partial charge < -0.3 is 4.74 Å². The average molecular weight is 286 g/mol. The third kappa shape index (κ3) is 2.64. The van der Waals surface area contributed by atoms with E-state index >= 15 is 0 Å². The fourth-order valence-corrected chi connectivity index (χ4v) is 2.91. The summed E-state index contributed by atoms with van der Waals surface area (Å²) in [5.41, 5.74) is 6.78. The highest BCUT2D eigenvalue weighted by atomic mass is 19.1. The van der Waals surface area contributed by atoms with Crippen LogP contribution in [0.1, 0.15) is 34.7 Å². The van der Waals surface area contributed by atoms with Gasteiger partial charge in [-0.15, -0.1) is 0 Å². The van der Waals surface area contributed by atoms with E-state index in [0.717, 1.165) is 35.3 Å². The molecule has 0 amide bonds. The van der Waals surface area contributed by atoms with Crippen LogP contribution in [0.5, 0.6) is 5.75 Å². The van der Waals surface area contributed by atoms with Gasteiger partial charge in [0.2, 0.25) is 0 Å². The first-order valence-electron chi connectivity index (χ1n) is 7.17. The minimum absolute atomic E-state index is 0.262. The third-order valence-electron chi connectivity index (χ3n) is 3.99. The van der Waals surface area contributed by atoms with E-state index in [1.165, 1.54) is 17.7 Å². The Hall–Kier alpha value is -1.91. The molecule has 1 unspecified atom stereocenters. The van der Waals surface area contributed by atoms with Gasteiger partial charge in [0.15, 0.2) is 0 Å². The van der Waals surface area contributed by atoms with Gasteiger partial charge in [0.05, 0.1) is 12.6 Å². The Morgan fingerprint density at radius 3 is 2.90 bits per heavy atom. The van der Waals surface area contributed by atoms with Crippen LogP contribution in [0, 0.1) is 12.7 Å². The lowest BCUT2D eigenvalue weighted by Gasteiger charge is -2.26. The highest BCUT2D eigenvalue weighted by molar-refractivity contribution is 5.49. The van der Waals surface area contributed by atoms with E-state index in [9.17, 15) is 4.39 Å². The molecule has 1 atom stereocenters. The molecule has 3 N–H and O–H groups in total. The number of halogens is 1. The Kier molecular flexibility index (Phi) is 3.90. The molecule has 1 aliphatic rings. The molecule has 4 heteroatoms. The van der Waals surface area contributed by atoms with Crippen molar-refractivity contribution < 1.29 is 9.13 Å². The van der Waals surface area contributed by atoms with Crippen LogP contribution in [0.3, 0.4) is 0 Å². The summed E-state index contributed by atoms with van der Waals surface area (Å²) in [5, 5.41) is 0. The Labute approximate surface area is 123 Å². The first-order chi connectivity index (χ1) is 10.2. The molecule has 0 radical (unpaired) electrons. The molecular formula is C17H19FN2O. The van der Waals surface area contributed by atoms with Crippen LogP contribution in [0.25, 0.3) is 0 Å². The number of benzene rings is 2. The summed E-state index contributed by atoms with van der Waals surface area (Å²) >= 11 is 0. The van der Waals surface area contributed by atoms with Crippen molar-refractivity contribution in [2.45, 2.75) is 25.8 Å². The number of fused-ring (bicyclic) bond motifs is 1. The molecule has 2 aromatic carbocycles. The molecule has 0 saturated heterocycles. The summed E-state index contributed by atoms with van der Waals surface area (Å²) in [7, 11) is 0. The number of hydrogen-bond donors (Lipinski definition) is 2. The predicted octanol–water partition coefficient (Wildman–Crippen LogP) is 3.01. The quantitative estimate of drug-likeness (QED) is 0.673. The largest absolute Gasteiger partial charge is 0.493 e. The minimum atomic E-state index is -0.284. The maximum Gasteiger partial charge on any atom is 0.127 e. The Bertz CT molecular complexity index is 657. The summed E-state index contributed by atoms with van der Waals surface area (Å²) in [4.78, 5) is 0. The molecule has 0 aliphatic carbocycles. The van der Waals surface area contributed by atoms with Gasteiger partial charge in [0, 0.05) is 5.56 Å². The Morgan fingerprint density at radius 2 is 2.10 bits per heavy atom.